The van der Waals surface area contributed by atoms with Crippen molar-refractivity contribution in [1.82, 2.24) is 84.2 Å². The van der Waals surface area contributed by atoms with Gasteiger partial charge < -0.3 is 59.6 Å². The predicted octanol–water partition coefficient (Wildman–Crippen LogP) is 12.8. The fourth-order valence-electron chi connectivity index (χ4n) is 22.0. The lowest BCUT2D eigenvalue weighted by molar-refractivity contribution is -0.146. The predicted molar refractivity (Wildman–Crippen MR) is 585 cm³/mol. The monoisotopic (exact) mass is 2050 g/mol. The fraction of sp³-hybridized carbons (Fsp3) is 0.835. The number of hydrogen-bond donors (Lipinski definition) is 2. The van der Waals surface area contributed by atoms with Gasteiger partial charge in [-0.25, -0.2) is 0 Å². The van der Waals surface area contributed by atoms with Gasteiger partial charge in [0.05, 0.1) is 0 Å². The minimum Gasteiger partial charge on any atom is -0.344 e. The summed E-state index contributed by atoms with van der Waals surface area (Å²) < 4.78 is 0. The molecular weight excluding hydrogens is 1840 g/mol. The highest BCUT2D eigenvalue weighted by Crippen LogP contribution is 2.43. The molecule has 31 heteroatoms. The molecule has 1 aromatic rings. The van der Waals surface area contributed by atoms with Crippen molar-refractivity contribution < 1.29 is 67.1 Å². The first-order chi connectivity index (χ1) is 67.9. The largest absolute Gasteiger partial charge is 0.344 e. The lowest BCUT2D eigenvalue weighted by Crippen LogP contribution is -2.50. The van der Waals surface area contributed by atoms with E-state index in [0.717, 1.165) is 285 Å². The quantitative estimate of drug-likeness (QED) is 0.0676. The molecule has 31 nitrogen and oxygen atoms in total. The van der Waals surface area contributed by atoms with E-state index in [1.165, 1.54) is 0 Å². The van der Waals surface area contributed by atoms with Crippen molar-refractivity contribution in [3.8, 4) is 0 Å². The molecule has 1 aromatic heterocycles. The van der Waals surface area contributed by atoms with Crippen molar-refractivity contribution in [2.75, 3.05) is 241 Å². The number of likely N-dealkylation sites (N-methyl/N-ethyl adjacent to an activating group) is 8. The van der Waals surface area contributed by atoms with Gasteiger partial charge in [-0.1, -0.05) is 189 Å². The Morgan fingerprint density at radius 1 is 0.315 bits per heavy atom. The first-order valence-corrected chi connectivity index (χ1v) is 55.8. The van der Waals surface area contributed by atoms with Crippen LogP contribution in [-0.4, -0.2) is 408 Å². The Balaban J connectivity index is 0.000000309. The Kier molecular flexibility index (Phi) is 53.2. The van der Waals surface area contributed by atoms with Crippen LogP contribution in [0.3, 0.4) is 0 Å². The average molecular weight is 2050 g/mol. The summed E-state index contributed by atoms with van der Waals surface area (Å²) in [6, 6.07) is 3.56. The van der Waals surface area contributed by atoms with Crippen molar-refractivity contribution in [3.63, 3.8) is 0 Å². The summed E-state index contributed by atoms with van der Waals surface area (Å²) in [4.78, 5) is 209. The van der Waals surface area contributed by atoms with Crippen molar-refractivity contribution in [2.24, 2.45) is 91.7 Å². The van der Waals surface area contributed by atoms with Crippen LogP contribution < -0.4 is 10.6 Å². The van der Waals surface area contributed by atoms with E-state index in [-0.39, 0.29) is 175 Å². The number of carbonyl (C=O) groups is 14. The van der Waals surface area contributed by atoms with Crippen molar-refractivity contribution >= 4 is 82.0 Å². The lowest BCUT2D eigenvalue weighted by Gasteiger charge is -2.37. The molecule has 8 amide bonds. The minimum atomic E-state index is -0.550. The summed E-state index contributed by atoms with van der Waals surface area (Å²) in [7, 11) is 19.1. The maximum absolute atomic E-state index is 13.1. The molecule has 0 bridgehead atoms. The summed E-state index contributed by atoms with van der Waals surface area (Å²) in [6.45, 7) is 65.0. The summed E-state index contributed by atoms with van der Waals surface area (Å²) in [5.41, 5.74) is -1.80. The molecule has 5 aliphatic carbocycles. The van der Waals surface area contributed by atoms with Crippen LogP contribution in [0, 0.1) is 91.7 Å². The van der Waals surface area contributed by atoms with Gasteiger partial charge in [0.25, 0.3) is 5.91 Å². The van der Waals surface area contributed by atoms with Gasteiger partial charge in [0.2, 0.25) is 41.4 Å². The molecule has 5 heterocycles. The van der Waals surface area contributed by atoms with E-state index in [1.54, 1.807) is 44.1 Å². The Morgan fingerprint density at radius 2 is 0.541 bits per heavy atom. The van der Waals surface area contributed by atoms with E-state index in [1.807, 2.05) is 234 Å². The van der Waals surface area contributed by atoms with Gasteiger partial charge in [0, 0.05) is 342 Å². The minimum absolute atomic E-state index is 0.0297. The zero-order valence-electron chi connectivity index (χ0n) is 97.6. The summed E-state index contributed by atoms with van der Waals surface area (Å²) in [5, 5.41) is 6.70. The maximum Gasteiger partial charge on any atom is 0.273 e. The van der Waals surface area contributed by atoms with Crippen LogP contribution in [0.15, 0.2) is 18.3 Å². The molecule has 10 rings (SSSR count). The number of piperazine rings is 4. The van der Waals surface area contributed by atoms with E-state index in [4.69, 9.17) is 0 Å². The topological polar surface area (TPSA) is 321 Å². The first kappa shape index (κ1) is 129. The number of rotatable bonds is 30. The number of pyridine rings is 1. The second-order valence-electron chi connectivity index (χ2n) is 50.5. The standard InChI is InChI=1S/2C21H37N3O3.2C19H35N3O2.C18H34N2O2.C17H27N3O2/c2*1-16(25)24-14-12-23(13-15-24)11-10-22(5)20(27)18-9-7-6-8-17(18)19(26)21(2,3)4;2*1-19(2,3)17(23)15-7-5-6-8-16(15)18(24)21(4)13-14-22-11-9-20-10-12-22;1-13(12-19(5)6)20(7)17(22)15-11-9-8-10-14(15)16(21)18(2,3)4;1-12(11-19(5)6)20(7)16(22)14-13(9-8-10-18-14)15(21)17(2,3)4/h2*17-18H,6-15H2,1-5H3;2*15-16,20H,5-14H2,1-4H3;13-15H,8-12H2,1-7H3;8-10,12H,11H2,1-7H3/t2*17-,18+;2*15-,16+;13?,14-,15+;/m10100./s1. The van der Waals surface area contributed by atoms with Crippen LogP contribution in [-0.2, 0) is 57.5 Å². The van der Waals surface area contributed by atoms with Gasteiger partial charge in [-0.15, -0.1) is 0 Å². The molecule has 2 N–H and O–H groups in total. The smallest absolute Gasteiger partial charge is 0.273 e. The Morgan fingerprint density at radius 3 is 0.767 bits per heavy atom. The molecule has 9 aliphatic rings. The highest BCUT2D eigenvalue weighted by Gasteiger charge is 2.48. The van der Waals surface area contributed by atoms with E-state index >= 15 is 0 Å². The van der Waals surface area contributed by atoms with Crippen LogP contribution in [0.1, 0.15) is 302 Å². The zero-order chi connectivity index (χ0) is 110. The fourth-order valence-corrected chi connectivity index (χ4v) is 22.0. The highest BCUT2D eigenvalue weighted by molar-refractivity contribution is 6.09. The highest BCUT2D eigenvalue weighted by atomic mass is 16.2. The number of hydrogen-bond acceptors (Lipinski definition) is 23. The SMILES string of the molecule is CC(=O)N1CCN(CCN(C)C(=O)[C@@H]2CCCC[C@@H]2C(=O)C(C)(C)C)CC1.CC(=O)N1CCN(CCN(C)C(=O)[C@H]2CCCC[C@H]2C(=O)C(C)(C)C)CC1.CC(CN(C)C)N(C)C(=O)[C@@H]1CCCC[C@@H]1C(=O)C(C)(C)C.CC(CN(C)C)N(C)C(=O)c1ncccc1C(=O)C(C)(C)C.CN(CCN1CCNCC1)C(=O)[C@@H]1CCCC[C@@H]1C(=O)C(C)(C)C.CN(CCN1CCNCC1)C(=O)[C@H]1CCCC[C@H]1C(=O)C(C)(C)C. The molecule has 146 heavy (non-hydrogen) atoms. The number of aromatic nitrogens is 1. The zero-order valence-corrected chi connectivity index (χ0v) is 97.6. The molecular formula is C115H205N17O14. The Bertz CT molecular complexity index is 4120. The molecule has 834 valence electrons. The van der Waals surface area contributed by atoms with Crippen molar-refractivity contribution in [3.05, 3.63) is 29.6 Å². The summed E-state index contributed by atoms with van der Waals surface area (Å²) in [5.74, 6) is 0.729. The van der Waals surface area contributed by atoms with Gasteiger partial charge in [0.15, 0.2) is 5.78 Å². The van der Waals surface area contributed by atoms with Crippen LogP contribution in [0.4, 0.5) is 0 Å². The third kappa shape index (κ3) is 41.3. The number of amides is 8. The Hall–Kier alpha value is -7.39. The van der Waals surface area contributed by atoms with Crippen LogP contribution in [0.25, 0.3) is 0 Å². The third-order valence-electron chi connectivity index (χ3n) is 31.5. The summed E-state index contributed by atoms with van der Waals surface area (Å²) >= 11 is 0. The van der Waals surface area contributed by atoms with Gasteiger partial charge in [-0.2, -0.15) is 0 Å². The molecule has 0 radical (unpaired) electrons. The van der Waals surface area contributed by atoms with Gasteiger partial charge >= 0.3 is 0 Å². The van der Waals surface area contributed by atoms with Crippen molar-refractivity contribution in [2.45, 2.75) is 293 Å². The average Bonchev–Trinajstić information content (AvgIpc) is 0.813. The molecule has 4 saturated heterocycles. The van der Waals surface area contributed by atoms with Gasteiger partial charge in [-0.3, -0.25) is 91.7 Å². The third-order valence-corrected chi connectivity index (χ3v) is 31.5. The number of Topliss-reactive ketones (excluding diaryl/α,β-unsaturated/α-hetero) is 6. The Labute approximate surface area is 883 Å². The van der Waals surface area contributed by atoms with Crippen LogP contribution in [0.5, 0.6) is 0 Å². The van der Waals surface area contributed by atoms with E-state index in [9.17, 15) is 67.1 Å². The molecule has 4 aliphatic heterocycles. The summed E-state index contributed by atoms with van der Waals surface area (Å²) in [6.07, 6.45) is 20.6. The van der Waals surface area contributed by atoms with E-state index < -0.39 is 16.2 Å². The second kappa shape index (κ2) is 60.2. The van der Waals surface area contributed by atoms with Gasteiger partial charge in [-0.05, 0) is 118 Å². The normalized spacial score (nSPS) is 23.3. The second-order valence-corrected chi connectivity index (χ2v) is 50.5. The number of ketones is 6. The molecule has 2 unspecified atom stereocenters. The van der Waals surface area contributed by atoms with Crippen LogP contribution in [0.2, 0.25) is 0 Å². The number of carbonyl (C=O) groups excluding carboxylic acids is 14. The van der Waals surface area contributed by atoms with Gasteiger partial charge in [0.1, 0.15) is 34.6 Å². The lowest BCUT2D eigenvalue weighted by atomic mass is 9.70. The van der Waals surface area contributed by atoms with E-state index in [2.05, 4.69) is 47.0 Å². The molecule has 0 spiro atoms. The first-order valence-electron chi connectivity index (χ1n) is 55.8. The van der Waals surface area contributed by atoms with E-state index in [0.29, 0.717) is 18.7 Å². The molecule has 0 aromatic carbocycles. The van der Waals surface area contributed by atoms with Crippen molar-refractivity contribution in [1.29, 1.82) is 0 Å². The molecule has 12 atom stereocenters. The number of nitrogens with one attached hydrogen (secondary N) is 2. The van der Waals surface area contributed by atoms with Crippen LogP contribution >= 0.6 is 0 Å². The molecule has 9 fully saturated rings. The maximum atomic E-state index is 13.1. The molecule has 5 saturated carbocycles. The number of nitrogens with zero attached hydrogens (tertiary/aromatic N) is 15.